The Morgan fingerprint density at radius 2 is 2.06 bits per heavy atom. The van der Waals surface area contributed by atoms with Crippen LogP contribution in [0.2, 0.25) is 5.02 Å². The molecule has 1 aromatic carbocycles. The number of piperazine rings is 1. The summed E-state index contributed by atoms with van der Waals surface area (Å²) >= 11 is 6.00. The predicted octanol–water partition coefficient (Wildman–Crippen LogP) is 0.776. The van der Waals surface area contributed by atoms with Crippen LogP contribution in [0.25, 0.3) is 11.0 Å². The molecule has 1 fully saturated rings. The average molecular weight is 463 g/mol. The van der Waals surface area contributed by atoms with Gasteiger partial charge in [0.05, 0.1) is 23.8 Å². The summed E-state index contributed by atoms with van der Waals surface area (Å²) in [4.78, 5) is 30.8. The molecule has 2 aromatic heterocycles. The Morgan fingerprint density at radius 1 is 1.28 bits per heavy atom. The molecule has 3 heterocycles. The van der Waals surface area contributed by atoms with Crippen molar-refractivity contribution in [2.24, 2.45) is 0 Å². The van der Waals surface area contributed by atoms with Crippen molar-refractivity contribution in [3.63, 3.8) is 0 Å². The lowest BCUT2D eigenvalue weighted by Crippen LogP contribution is -2.44. The number of aryl methyl sites for hydroxylation is 1. The number of nitrogens with zero attached hydrogens (tertiary/aromatic N) is 5. The molecule has 4 rings (SSSR count). The first-order valence-corrected chi connectivity index (χ1v) is 10.8. The molecule has 0 bridgehead atoms. The zero-order valence-corrected chi connectivity index (χ0v) is 18.4. The standard InChI is InChI=1S/C19H25ClN8O.CH2O2/c20-14-3-4-15-16(12-14)24-18(23-15)2-1-5-22-19(29)17-13-28(26-25-17)11-10-27-8-6-21-7-9-27;2-1-3/h3-4,12-13,21H,1-2,5-11H2,(H,22,29)(H,23,24);1H,(H,2,3). The van der Waals surface area contributed by atoms with Crippen LogP contribution in [0.4, 0.5) is 0 Å². The number of nitrogens with one attached hydrogen (secondary N) is 3. The molecule has 1 saturated heterocycles. The van der Waals surface area contributed by atoms with Gasteiger partial charge in [-0.1, -0.05) is 16.8 Å². The second kappa shape index (κ2) is 12.1. The fourth-order valence-corrected chi connectivity index (χ4v) is 3.56. The minimum atomic E-state index is -0.250. The number of hydrogen-bond acceptors (Lipinski definition) is 7. The number of halogens is 1. The Balaban J connectivity index is 0.000000913. The van der Waals surface area contributed by atoms with Gasteiger partial charge >= 0.3 is 0 Å². The Kier molecular flexibility index (Phi) is 8.96. The number of benzene rings is 1. The van der Waals surface area contributed by atoms with Crippen LogP contribution < -0.4 is 10.6 Å². The van der Waals surface area contributed by atoms with E-state index in [4.69, 9.17) is 21.5 Å². The molecule has 0 aliphatic carbocycles. The second-order valence-electron chi connectivity index (χ2n) is 7.27. The molecule has 3 aromatic rings. The maximum atomic E-state index is 12.3. The molecule has 12 heteroatoms. The molecule has 32 heavy (non-hydrogen) atoms. The molecule has 1 aliphatic heterocycles. The summed E-state index contributed by atoms with van der Waals surface area (Å²) in [6.45, 7) is 6.07. The van der Waals surface area contributed by atoms with Crippen LogP contribution in [0.3, 0.4) is 0 Å². The van der Waals surface area contributed by atoms with Crippen LogP contribution in [-0.4, -0.2) is 86.6 Å². The van der Waals surface area contributed by atoms with E-state index in [1.165, 1.54) is 0 Å². The number of aromatic amines is 1. The van der Waals surface area contributed by atoms with E-state index in [0.29, 0.717) is 17.3 Å². The minimum Gasteiger partial charge on any atom is -0.483 e. The molecule has 0 saturated carbocycles. The van der Waals surface area contributed by atoms with Gasteiger partial charge in [-0.05, 0) is 24.6 Å². The van der Waals surface area contributed by atoms with E-state index in [-0.39, 0.29) is 12.4 Å². The average Bonchev–Trinajstić information content (AvgIpc) is 3.43. The van der Waals surface area contributed by atoms with E-state index < -0.39 is 0 Å². The molecule has 4 N–H and O–H groups in total. The first kappa shape index (κ1) is 23.6. The van der Waals surface area contributed by atoms with Crippen molar-refractivity contribution >= 4 is 35.0 Å². The summed E-state index contributed by atoms with van der Waals surface area (Å²) in [6.07, 6.45) is 3.22. The van der Waals surface area contributed by atoms with Gasteiger partial charge in [-0.15, -0.1) is 5.10 Å². The van der Waals surface area contributed by atoms with Crippen LogP contribution in [0.1, 0.15) is 22.7 Å². The van der Waals surface area contributed by atoms with Gasteiger partial charge in [0, 0.05) is 50.7 Å². The largest absolute Gasteiger partial charge is 0.483 e. The lowest BCUT2D eigenvalue weighted by atomic mass is 10.3. The Hall–Kier alpha value is -3.02. The third kappa shape index (κ3) is 7.01. The van der Waals surface area contributed by atoms with Crippen molar-refractivity contribution in [1.29, 1.82) is 0 Å². The summed E-state index contributed by atoms with van der Waals surface area (Å²) in [5.41, 5.74) is 2.17. The molecular formula is C20H27ClN8O3. The SMILES string of the molecule is O=C(NCCCc1nc2ccc(Cl)cc2[nH]1)c1cn(CCN2CCNCC2)nn1.O=CO. The molecule has 0 atom stereocenters. The molecule has 11 nitrogen and oxygen atoms in total. The predicted molar refractivity (Wildman–Crippen MR) is 120 cm³/mol. The Morgan fingerprint density at radius 3 is 2.84 bits per heavy atom. The lowest BCUT2D eigenvalue weighted by Gasteiger charge is -2.26. The third-order valence-corrected chi connectivity index (χ3v) is 5.23. The second-order valence-corrected chi connectivity index (χ2v) is 7.70. The monoisotopic (exact) mass is 462 g/mol. The topological polar surface area (TPSA) is 141 Å². The van der Waals surface area contributed by atoms with Crippen molar-refractivity contribution < 1.29 is 14.7 Å². The van der Waals surface area contributed by atoms with Crippen LogP contribution in [0.5, 0.6) is 0 Å². The summed E-state index contributed by atoms with van der Waals surface area (Å²) in [5, 5.41) is 21.9. The molecule has 1 aliphatic rings. The first-order chi connectivity index (χ1) is 15.6. The van der Waals surface area contributed by atoms with Crippen LogP contribution >= 0.6 is 11.6 Å². The summed E-state index contributed by atoms with van der Waals surface area (Å²) in [7, 11) is 0. The van der Waals surface area contributed by atoms with Gasteiger partial charge in [0.2, 0.25) is 0 Å². The molecular weight excluding hydrogens is 436 g/mol. The quantitative estimate of drug-likeness (QED) is 0.284. The Labute approximate surface area is 190 Å². The number of fused-ring (bicyclic) bond motifs is 1. The zero-order chi connectivity index (χ0) is 22.8. The highest BCUT2D eigenvalue weighted by molar-refractivity contribution is 6.31. The minimum absolute atomic E-state index is 0.199. The van der Waals surface area contributed by atoms with Crippen LogP contribution in [0, 0.1) is 0 Å². The number of carbonyl (C=O) groups excluding carboxylic acids is 1. The molecule has 0 spiro atoms. The maximum Gasteiger partial charge on any atom is 0.290 e. The number of imidazole rings is 1. The molecule has 0 unspecified atom stereocenters. The van der Waals surface area contributed by atoms with Gasteiger partial charge in [-0.3, -0.25) is 19.2 Å². The van der Waals surface area contributed by atoms with E-state index >= 15 is 0 Å². The van der Waals surface area contributed by atoms with E-state index in [1.807, 2.05) is 18.2 Å². The molecule has 0 radical (unpaired) electrons. The van der Waals surface area contributed by atoms with E-state index in [0.717, 1.165) is 69.0 Å². The maximum absolute atomic E-state index is 12.3. The van der Waals surface area contributed by atoms with Gasteiger partial charge in [-0.2, -0.15) is 0 Å². The molecule has 172 valence electrons. The number of carboxylic acid groups (broad SMARTS) is 1. The number of hydrogen-bond donors (Lipinski definition) is 4. The third-order valence-electron chi connectivity index (χ3n) is 5.00. The zero-order valence-electron chi connectivity index (χ0n) is 17.6. The van der Waals surface area contributed by atoms with Gasteiger partial charge in [0.15, 0.2) is 5.69 Å². The number of amides is 1. The van der Waals surface area contributed by atoms with E-state index in [1.54, 1.807) is 10.9 Å². The van der Waals surface area contributed by atoms with Crippen molar-refractivity contribution in [1.82, 2.24) is 40.5 Å². The van der Waals surface area contributed by atoms with Crippen molar-refractivity contribution in [2.75, 3.05) is 39.3 Å². The van der Waals surface area contributed by atoms with Crippen molar-refractivity contribution in [2.45, 2.75) is 19.4 Å². The lowest BCUT2D eigenvalue weighted by molar-refractivity contribution is -0.122. The van der Waals surface area contributed by atoms with E-state index in [2.05, 4.69) is 35.8 Å². The summed E-state index contributed by atoms with van der Waals surface area (Å²) < 4.78 is 1.73. The van der Waals surface area contributed by atoms with Gasteiger partial charge in [0.25, 0.3) is 12.4 Å². The van der Waals surface area contributed by atoms with Gasteiger partial charge in [0.1, 0.15) is 5.82 Å². The number of H-pyrrole nitrogens is 1. The van der Waals surface area contributed by atoms with Crippen molar-refractivity contribution in [3.05, 3.63) is 40.9 Å². The summed E-state index contributed by atoms with van der Waals surface area (Å²) in [6, 6.07) is 5.58. The summed E-state index contributed by atoms with van der Waals surface area (Å²) in [5.74, 6) is 0.685. The normalized spacial score (nSPS) is 14.0. The van der Waals surface area contributed by atoms with E-state index in [9.17, 15) is 4.79 Å². The fourth-order valence-electron chi connectivity index (χ4n) is 3.39. The number of carbonyl (C=O) groups is 2. The Bertz CT molecular complexity index is 1020. The molecule has 1 amide bonds. The van der Waals surface area contributed by atoms with Crippen LogP contribution in [0.15, 0.2) is 24.4 Å². The number of aromatic nitrogens is 5. The highest BCUT2D eigenvalue weighted by Gasteiger charge is 2.13. The highest BCUT2D eigenvalue weighted by atomic mass is 35.5. The first-order valence-electron chi connectivity index (χ1n) is 10.4. The fraction of sp³-hybridized carbons (Fsp3) is 0.450. The van der Waals surface area contributed by atoms with Crippen LogP contribution in [-0.2, 0) is 17.8 Å². The van der Waals surface area contributed by atoms with Crippen molar-refractivity contribution in [3.8, 4) is 0 Å². The highest BCUT2D eigenvalue weighted by Crippen LogP contribution is 2.17. The smallest absolute Gasteiger partial charge is 0.290 e. The van der Waals surface area contributed by atoms with Gasteiger partial charge in [-0.25, -0.2) is 4.98 Å². The van der Waals surface area contributed by atoms with Gasteiger partial charge < -0.3 is 20.7 Å². The number of rotatable bonds is 8.